The molecule has 0 aliphatic heterocycles. The maximum absolute atomic E-state index is 5.93. The topological polar surface area (TPSA) is 38.2 Å². The fourth-order valence-electron chi connectivity index (χ4n) is 3.75. The minimum atomic E-state index is 0.665. The Kier molecular flexibility index (Phi) is 5.46. The van der Waals surface area contributed by atoms with Crippen LogP contribution in [0, 0.1) is 0 Å². The number of aromatic nitrogens is 2. The van der Waals surface area contributed by atoms with Gasteiger partial charge in [0.25, 0.3) is 5.19 Å². The molecule has 26 heavy (non-hydrogen) atoms. The first-order valence-electron chi connectivity index (χ1n) is 9.53. The minimum absolute atomic E-state index is 0.665. The van der Waals surface area contributed by atoms with Crippen LogP contribution in [-0.4, -0.2) is 27.5 Å². The van der Waals surface area contributed by atoms with Crippen LogP contribution in [0.25, 0.3) is 10.2 Å². The molecule has 4 rings (SSSR count). The second kappa shape index (κ2) is 8.14. The van der Waals surface area contributed by atoms with Gasteiger partial charge in [-0.3, -0.25) is 9.88 Å². The molecule has 0 saturated heterocycles. The molecule has 0 unspecified atom stereocenters. The lowest BCUT2D eigenvalue weighted by atomic mass is 9.94. The average molecular weight is 368 g/mol. The maximum Gasteiger partial charge on any atom is 0.279 e. The molecule has 136 valence electrons. The van der Waals surface area contributed by atoms with Gasteiger partial charge in [0.1, 0.15) is 11.3 Å². The van der Waals surface area contributed by atoms with Crippen LogP contribution in [0.5, 0.6) is 10.9 Å². The Hall–Kier alpha value is -1.98. The molecule has 1 aliphatic rings. The number of hydrogen-bond donors (Lipinski definition) is 0. The van der Waals surface area contributed by atoms with Crippen LogP contribution in [0.3, 0.4) is 0 Å². The van der Waals surface area contributed by atoms with Gasteiger partial charge in [-0.05, 0) is 43.1 Å². The summed E-state index contributed by atoms with van der Waals surface area (Å²) in [5, 5.41) is 0.665. The zero-order valence-electron chi connectivity index (χ0n) is 15.2. The highest BCUT2D eigenvalue weighted by Crippen LogP contribution is 2.31. The molecule has 0 spiro atoms. The number of ether oxygens (including phenoxy) is 1. The highest BCUT2D eigenvalue weighted by atomic mass is 32.1. The Morgan fingerprint density at radius 2 is 1.92 bits per heavy atom. The van der Waals surface area contributed by atoms with Gasteiger partial charge >= 0.3 is 0 Å². The van der Waals surface area contributed by atoms with Gasteiger partial charge in [-0.25, -0.2) is 4.98 Å². The van der Waals surface area contributed by atoms with E-state index in [9.17, 15) is 0 Å². The normalized spacial score (nSPS) is 15.6. The van der Waals surface area contributed by atoms with Crippen LogP contribution in [0.1, 0.15) is 44.6 Å². The fourth-order valence-corrected chi connectivity index (χ4v) is 4.55. The second-order valence-electron chi connectivity index (χ2n) is 6.92. The molecule has 1 saturated carbocycles. The summed E-state index contributed by atoms with van der Waals surface area (Å²) >= 11 is 1.55. The number of fused-ring (bicyclic) bond motifs is 1. The molecule has 0 N–H and O–H groups in total. The van der Waals surface area contributed by atoms with Crippen molar-refractivity contribution in [2.75, 3.05) is 6.54 Å². The van der Waals surface area contributed by atoms with Crippen LogP contribution >= 0.6 is 11.3 Å². The Morgan fingerprint density at radius 1 is 1.12 bits per heavy atom. The van der Waals surface area contributed by atoms with E-state index >= 15 is 0 Å². The smallest absolute Gasteiger partial charge is 0.279 e. The molecular weight excluding hydrogens is 342 g/mol. The second-order valence-corrected chi connectivity index (χ2v) is 7.92. The molecule has 3 aromatic rings. The molecule has 0 bridgehead atoms. The van der Waals surface area contributed by atoms with Crippen LogP contribution in [0.15, 0.2) is 42.7 Å². The van der Waals surface area contributed by atoms with E-state index in [1.165, 1.54) is 37.7 Å². The third-order valence-electron chi connectivity index (χ3n) is 5.18. The number of benzene rings is 1. The van der Waals surface area contributed by atoms with Gasteiger partial charge in [-0.2, -0.15) is 0 Å². The first-order chi connectivity index (χ1) is 12.8. The molecule has 5 heteroatoms. The summed E-state index contributed by atoms with van der Waals surface area (Å²) in [4.78, 5) is 11.2. The lowest BCUT2D eigenvalue weighted by molar-refractivity contribution is 0.156. The maximum atomic E-state index is 5.93. The van der Waals surface area contributed by atoms with Gasteiger partial charge < -0.3 is 4.74 Å². The van der Waals surface area contributed by atoms with Gasteiger partial charge in [-0.15, -0.1) is 0 Å². The van der Waals surface area contributed by atoms with Crippen molar-refractivity contribution in [1.29, 1.82) is 0 Å². The molecule has 0 radical (unpaired) electrons. The summed E-state index contributed by atoms with van der Waals surface area (Å²) < 4.78 is 7.03. The van der Waals surface area contributed by atoms with Crippen molar-refractivity contribution in [3.63, 3.8) is 0 Å². The van der Waals surface area contributed by atoms with Crippen molar-refractivity contribution in [3.05, 3.63) is 48.3 Å². The SMILES string of the molecule is CCN(Cc1ccc(Oc2nc3cnccc3s2)cc1)C1CCCCC1. The van der Waals surface area contributed by atoms with Crippen molar-refractivity contribution < 1.29 is 4.74 Å². The minimum Gasteiger partial charge on any atom is -0.431 e. The first-order valence-corrected chi connectivity index (χ1v) is 10.3. The van der Waals surface area contributed by atoms with Crippen LogP contribution in [0.2, 0.25) is 0 Å². The highest BCUT2D eigenvalue weighted by molar-refractivity contribution is 7.20. The van der Waals surface area contributed by atoms with Crippen molar-refractivity contribution in [2.24, 2.45) is 0 Å². The van der Waals surface area contributed by atoms with E-state index in [2.05, 4.69) is 33.9 Å². The monoisotopic (exact) mass is 367 g/mol. The van der Waals surface area contributed by atoms with E-state index in [0.717, 1.165) is 35.1 Å². The van der Waals surface area contributed by atoms with Crippen LogP contribution in [-0.2, 0) is 6.54 Å². The zero-order valence-corrected chi connectivity index (χ0v) is 16.0. The van der Waals surface area contributed by atoms with Gasteiger partial charge in [-0.1, -0.05) is 49.7 Å². The highest BCUT2D eigenvalue weighted by Gasteiger charge is 2.19. The number of nitrogens with zero attached hydrogens (tertiary/aromatic N) is 3. The molecule has 1 aromatic carbocycles. The number of thiazole rings is 1. The Bertz CT molecular complexity index is 807. The summed E-state index contributed by atoms with van der Waals surface area (Å²) in [6, 6.07) is 11.2. The van der Waals surface area contributed by atoms with Gasteiger partial charge in [0.05, 0.1) is 10.9 Å². The largest absolute Gasteiger partial charge is 0.431 e. The van der Waals surface area contributed by atoms with Gasteiger partial charge in [0, 0.05) is 18.8 Å². The molecule has 1 fully saturated rings. The van der Waals surface area contributed by atoms with E-state index in [1.54, 1.807) is 23.7 Å². The number of hydrogen-bond acceptors (Lipinski definition) is 5. The third kappa shape index (κ3) is 4.05. The summed E-state index contributed by atoms with van der Waals surface area (Å²) in [6.45, 7) is 4.41. The predicted molar refractivity (Wildman–Crippen MR) is 107 cm³/mol. The quantitative estimate of drug-likeness (QED) is 0.565. The molecule has 2 heterocycles. The summed E-state index contributed by atoms with van der Waals surface area (Å²) in [6.07, 6.45) is 10.4. The lowest BCUT2D eigenvalue weighted by Gasteiger charge is -2.33. The fraction of sp³-hybridized carbons (Fsp3) is 0.429. The summed E-state index contributed by atoms with van der Waals surface area (Å²) in [5.74, 6) is 0.835. The molecule has 4 nitrogen and oxygen atoms in total. The molecule has 1 aliphatic carbocycles. The van der Waals surface area contributed by atoms with Crippen molar-refractivity contribution >= 4 is 21.6 Å². The summed E-state index contributed by atoms with van der Waals surface area (Å²) in [5.41, 5.74) is 2.23. The van der Waals surface area contributed by atoms with E-state index in [0.29, 0.717) is 5.19 Å². The summed E-state index contributed by atoms with van der Waals surface area (Å²) in [7, 11) is 0. The number of rotatable bonds is 6. The third-order valence-corrected chi connectivity index (χ3v) is 6.10. The average Bonchev–Trinajstić information content (AvgIpc) is 3.10. The first kappa shape index (κ1) is 17.4. The standard InChI is InChI=1S/C21H25N3OS/c1-2-24(17-6-4-3-5-7-17)15-16-8-10-18(11-9-16)25-21-23-19-14-22-13-12-20(19)26-21/h8-14,17H,2-7,15H2,1H3. The molecule has 0 amide bonds. The number of pyridine rings is 1. The lowest BCUT2D eigenvalue weighted by Crippen LogP contribution is -2.36. The molecule has 2 aromatic heterocycles. The zero-order chi connectivity index (χ0) is 17.8. The molecular formula is C21H25N3OS. The Labute approximate surface area is 158 Å². The van der Waals surface area contributed by atoms with Crippen molar-refractivity contribution in [2.45, 2.75) is 51.6 Å². The van der Waals surface area contributed by atoms with Gasteiger partial charge in [0.2, 0.25) is 0 Å². The Balaban J connectivity index is 1.41. The van der Waals surface area contributed by atoms with E-state index in [4.69, 9.17) is 4.74 Å². The predicted octanol–water partition coefficient (Wildman–Crippen LogP) is 5.64. The van der Waals surface area contributed by atoms with Crippen LogP contribution in [0.4, 0.5) is 0 Å². The molecule has 0 atom stereocenters. The van der Waals surface area contributed by atoms with Gasteiger partial charge in [0.15, 0.2) is 0 Å². The van der Waals surface area contributed by atoms with E-state index in [1.807, 2.05) is 18.2 Å². The van der Waals surface area contributed by atoms with E-state index in [-0.39, 0.29) is 0 Å². The van der Waals surface area contributed by atoms with Crippen molar-refractivity contribution in [1.82, 2.24) is 14.9 Å². The van der Waals surface area contributed by atoms with E-state index < -0.39 is 0 Å². The van der Waals surface area contributed by atoms with Crippen LogP contribution < -0.4 is 4.74 Å². The Morgan fingerprint density at radius 3 is 2.65 bits per heavy atom. The van der Waals surface area contributed by atoms with Crippen molar-refractivity contribution in [3.8, 4) is 10.9 Å².